The third-order valence-electron chi connectivity index (χ3n) is 4.32. The molecule has 2 rings (SSSR count). The quantitative estimate of drug-likeness (QED) is 0.771. The maximum atomic E-state index is 12.6. The summed E-state index contributed by atoms with van der Waals surface area (Å²) >= 11 is 0. The molecule has 20 heavy (non-hydrogen) atoms. The van der Waals surface area contributed by atoms with E-state index in [0.29, 0.717) is 11.8 Å². The van der Waals surface area contributed by atoms with Crippen LogP contribution >= 0.6 is 0 Å². The number of hydrogen-bond donors (Lipinski definition) is 1. The highest BCUT2D eigenvalue weighted by Gasteiger charge is 2.44. The molecule has 1 N–H and O–H groups in total. The van der Waals surface area contributed by atoms with Gasteiger partial charge in [0.05, 0.1) is 0 Å². The third-order valence-corrected chi connectivity index (χ3v) is 6.02. The first-order chi connectivity index (χ1) is 9.28. The molecule has 0 aromatic rings. The Hall–Kier alpha value is -0.170. The Morgan fingerprint density at radius 3 is 2.45 bits per heavy atom. The topological polar surface area (TPSA) is 52.7 Å². The SMILES string of the molecule is CC(C)CC(CN(C)C)NS(=O)(=O)N1CC2CCC1C2. The third kappa shape index (κ3) is 3.93. The number of rotatable bonds is 7. The van der Waals surface area contributed by atoms with Crippen LogP contribution in [0.5, 0.6) is 0 Å². The zero-order chi connectivity index (χ0) is 14.9. The van der Waals surface area contributed by atoms with E-state index in [4.69, 9.17) is 0 Å². The Labute approximate surface area is 123 Å². The summed E-state index contributed by atoms with van der Waals surface area (Å²) in [7, 11) is 0.646. The molecule has 2 aliphatic rings. The minimum absolute atomic E-state index is 0.00544. The fourth-order valence-electron chi connectivity index (χ4n) is 3.62. The highest BCUT2D eigenvalue weighted by molar-refractivity contribution is 7.87. The van der Waals surface area contributed by atoms with Gasteiger partial charge in [0.25, 0.3) is 10.2 Å². The summed E-state index contributed by atoms with van der Waals surface area (Å²) in [5.74, 6) is 1.08. The van der Waals surface area contributed by atoms with E-state index in [1.165, 1.54) is 6.42 Å². The van der Waals surface area contributed by atoms with Gasteiger partial charge < -0.3 is 4.90 Å². The van der Waals surface area contributed by atoms with Crippen molar-refractivity contribution < 1.29 is 8.42 Å². The first-order valence-electron chi connectivity index (χ1n) is 7.71. The molecule has 1 saturated carbocycles. The van der Waals surface area contributed by atoms with Crippen molar-refractivity contribution in [2.75, 3.05) is 27.2 Å². The minimum Gasteiger partial charge on any atom is -0.308 e. The van der Waals surface area contributed by atoms with Crippen molar-refractivity contribution in [3.8, 4) is 0 Å². The molecule has 3 unspecified atom stereocenters. The molecular weight excluding hydrogens is 274 g/mol. The van der Waals surface area contributed by atoms with Gasteiger partial charge in [-0.05, 0) is 51.6 Å². The lowest BCUT2D eigenvalue weighted by Gasteiger charge is -2.30. The predicted molar refractivity (Wildman–Crippen MR) is 81.7 cm³/mol. The standard InChI is InChI=1S/C14H29N3O2S/c1-11(2)7-13(10-16(3)4)15-20(18,19)17-9-12-5-6-14(17)8-12/h11-15H,5-10H2,1-4H3. The largest absolute Gasteiger partial charge is 0.308 e. The van der Waals surface area contributed by atoms with Crippen LogP contribution in [0.25, 0.3) is 0 Å². The van der Waals surface area contributed by atoms with Crippen molar-refractivity contribution >= 4 is 10.2 Å². The summed E-state index contributed by atoms with van der Waals surface area (Å²) in [5, 5.41) is 0. The van der Waals surface area contributed by atoms with E-state index in [0.717, 1.165) is 32.4 Å². The summed E-state index contributed by atoms with van der Waals surface area (Å²) in [4.78, 5) is 2.05. The van der Waals surface area contributed by atoms with Gasteiger partial charge in [0.2, 0.25) is 0 Å². The van der Waals surface area contributed by atoms with Gasteiger partial charge in [-0.1, -0.05) is 13.8 Å². The van der Waals surface area contributed by atoms with Crippen molar-refractivity contribution in [3.05, 3.63) is 0 Å². The molecule has 1 heterocycles. The second-order valence-corrected chi connectivity index (χ2v) is 8.77. The van der Waals surface area contributed by atoms with Crippen molar-refractivity contribution in [3.63, 3.8) is 0 Å². The normalized spacial score (nSPS) is 28.7. The van der Waals surface area contributed by atoms with E-state index in [1.54, 1.807) is 4.31 Å². The van der Waals surface area contributed by atoms with E-state index < -0.39 is 10.2 Å². The maximum absolute atomic E-state index is 12.6. The van der Waals surface area contributed by atoms with Crippen molar-refractivity contribution in [1.82, 2.24) is 13.9 Å². The fourth-order valence-corrected chi connectivity index (χ4v) is 5.34. The highest BCUT2D eigenvalue weighted by atomic mass is 32.2. The molecule has 2 fully saturated rings. The second kappa shape index (κ2) is 6.30. The lowest BCUT2D eigenvalue weighted by atomic mass is 10.0. The van der Waals surface area contributed by atoms with E-state index in [1.807, 2.05) is 19.0 Å². The summed E-state index contributed by atoms with van der Waals surface area (Å²) in [6.45, 7) is 5.74. The highest BCUT2D eigenvalue weighted by Crippen LogP contribution is 2.38. The summed E-state index contributed by atoms with van der Waals surface area (Å²) in [6, 6.07) is 0.241. The zero-order valence-electron chi connectivity index (χ0n) is 13.2. The molecular formula is C14H29N3O2S. The Bertz CT molecular complexity index is 412. The van der Waals surface area contributed by atoms with Crippen LogP contribution in [0.3, 0.4) is 0 Å². The minimum atomic E-state index is -3.32. The van der Waals surface area contributed by atoms with Gasteiger partial charge in [0.15, 0.2) is 0 Å². The van der Waals surface area contributed by atoms with Crippen molar-refractivity contribution in [2.24, 2.45) is 11.8 Å². The molecule has 0 amide bonds. The van der Waals surface area contributed by atoms with Gasteiger partial charge in [-0.2, -0.15) is 17.4 Å². The molecule has 2 bridgehead atoms. The van der Waals surface area contributed by atoms with E-state index >= 15 is 0 Å². The smallest absolute Gasteiger partial charge is 0.280 e. The van der Waals surface area contributed by atoms with E-state index in [-0.39, 0.29) is 12.1 Å². The molecule has 3 atom stereocenters. The molecule has 5 nitrogen and oxygen atoms in total. The average molecular weight is 303 g/mol. The number of fused-ring (bicyclic) bond motifs is 2. The fraction of sp³-hybridized carbons (Fsp3) is 1.00. The van der Waals surface area contributed by atoms with Crippen molar-refractivity contribution in [2.45, 2.75) is 51.6 Å². The number of hydrogen-bond acceptors (Lipinski definition) is 3. The molecule has 0 aromatic heterocycles. The van der Waals surface area contributed by atoms with E-state index in [2.05, 4.69) is 18.6 Å². The van der Waals surface area contributed by atoms with E-state index in [9.17, 15) is 8.42 Å². The first-order valence-corrected chi connectivity index (χ1v) is 9.15. The maximum Gasteiger partial charge on any atom is 0.280 e. The number of piperidine rings is 1. The molecule has 1 aliphatic heterocycles. The Morgan fingerprint density at radius 2 is 2.00 bits per heavy atom. The van der Waals surface area contributed by atoms with Crippen molar-refractivity contribution in [1.29, 1.82) is 0 Å². The molecule has 1 aliphatic carbocycles. The molecule has 0 spiro atoms. The molecule has 0 aromatic carbocycles. The predicted octanol–water partition coefficient (Wildman–Crippen LogP) is 1.28. The Balaban J connectivity index is 2.00. The summed E-state index contributed by atoms with van der Waals surface area (Å²) in [6.07, 6.45) is 4.17. The molecule has 118 valence electrons. The second-order valence-electron chi connectivity index (χ2n) is 7.11. The Kier molecular flexibility index (Phi) is 5.10. The van der Waals surface area contributed by atoms with Crippen LogP contribution in [0.4, 0.5) is 0 Å². The van der Waals surface area contributed by atoms with Crippen LogP contribution in [0.2, 0.25) is 0 Å². The average Bonchev–Trinajstić information content (AvgIpc) is 2.87. The van der Waals surface area contributed by atoms with Gasteiger partial charge in [-0.25, -0.2) is 0 Å². The van der Waals surface area contributed by atoms with Crippen LogP contribution in [0.1, 0.15) is 39.5 Å². The number of likely N-dealkylation sites (N-methyl/N-ethyl adjacent to an activating group) is 1. The first kappa shape index (κ1) is 16.2. The molecule has 1 saturated heterocycles. The Morgan fingerprint density at radius 1 is 1.30 bits per heavy atom. The zero-order valence-corrected chi connectivity index (χ0v) is 14.0. The van der Waals surface area contributed by atoms with Crippen LogP contribution < -0.4 is 4.72 Å². The van der Waals surface area contributed by atoms with Crippen LogP contribution in [0, 0.1) is 11.8 Å². The lowest BCUT2D eigenvalue weighted by molar-refractivity contribution is 0.303. The van der Waals surface area contributed by atoms with Gasteiger partial charge in [-0.3, -0.25) is 0 Å². The number of nitrogens with zero attached hydrogens (tertiary/aromatic N) is 2. The molecule has 0 radical (unpaired) electrons. The van der Waals surface area contributed by atoms with Crippen LogP contribution in [-0.4, -0.2) is 56.9 Å². The van der Waals surface area contributed by atoms with Gasteiger partial charge in [-0.15, -0.1) is 0 Å². The number of nitrogens with one attached hydrogen (secondary N) is 1. The summed E-state index contributed by atoms with van der Waals surface area (Å²) < 4.78 is 29.8. The van der Waals surface area contributed by atoms with Gasteiger partial charge in [0.1, 0.15) is 0 Å². The van der Waals surface area contributed by atoms with Crippen LogP contribution in [-0.2, 0) is 10.2 Å². The van der Waals surface area contributed by atoms with Crippen LogP contribution in [0.15, 0.2) is 0 Å². The molecule has 6 heteroatoms. The monoisotopic (exact) mass is 303 g/mol. The van der Waals surface area contributed by atoms with Gasteiger partial charge >= 0.3 is 0 Å². The lowest BCUT2D eigenvalue weighted by Crippen LogP contribution is -2.51. The van der Waals surface area contributed by atoms with Gasteiger partial charge in [0, 0.05) is 25.2 Å². The summed E-state index contributed by atoms with van der Waals surface area (Å²) in [5.41, 5.74) is 0.